The second kappa shape index (κ2) is 5.87. The fourth-order valence-corrected chi connectivity index (χ4v) is 3.00. The van der Waals surface area contributed by atoms with Crippen LogP contribution in [0.3, 0.4) is 0 Å². The third kappa shape index (κ3) is 3.24. The van der Waals surface area contributed by atoms with Gasteiger partial charge in [-0.1, -0.05) is 52.0 Å². The van der Waals surface area contributed by atoms with Crippen LogP contribution in [0.5, 0.6) is 0 Å². The van der Waals surface area contributed by atoms with Crippen molar-refractivity contribution in [1.82, 2.24) is 5.32 Å². The molecule has 3 unspecified atom stereocenters. The number of nitrogens with one attached hydrogen (secondary N) is 1. The van der Waals surface area contributed by atoms with Gasteiger partial charge in [-0.3, -0.25) is 0 Å². The van der Waals surface area contributed by atoms with Crippen molar-refractivity contribution in [1.29, 1.82) is 0 Å². The molecule has 0 spiro atoms. The third-order valence-electron chi connectivity index (χ3n) is 4.79. The number of aliphatic hydroxyl groups excluding tert-OH is 1. The van der Waals surface area contributed by atoms with Gasteiger partial charge in [0.15, 0.2) is 0 Å². The van der Waals surface area contributed by atoms with E-state index in [1.807, 2.05) is 0 Å². The molecule has 1 aliphatic rings. The first-order valence-corrected chi connectivity index (χ1v) is 7.83. The van der Waals surface area contributed by atoms with E-state index in [1.54, 1.807) is 0 Å². The maximum Gasteiger partial charge on any atom is 0.0621 e. The molecule has 1 fully saturated rings. The second-order valence-corrected chi connectivity index (χ2v) is 7.35. The molecule has 0 heterocycles. The molecule has 1 aromatic carbocycles. The van der Waals surface area contributed by atoms with Crippen LogP contribution in [0.2, 0.25) is 0 Å². The van der Waals surface area contributed by atoms with Crippen molar-refractivity contribution in [2.45, 2.75) is 65.6 Å². The Bertz CT molecular complexity index is 435. The highest BCUT2D eigenvalue weighted by atomic mass is 16.3. The van der Waals surface area contributed by atoms with Crippen molar-refractivity contribution in [3.63, 3.8) is 0 Å². The summed E-state index contributed by atoms with van der Waals surface area (Å²) in [7, 11) is 0. The van der Waals surface area contributed by atoms with E-state index in [0.29, 0.717) is 18.0 Å². The molecule has 0 saturated heterocycles. The molecule has 0 bridgehead atoms. The van der Waals surface area contributed by atoms with Gasteiger partial charge in [0.05, 0.1) is 6.10 Å². The van der Waals surface area contributed by atoms with Crippen LogP contribution in [0, 0.1) is 11.3 Å². The maximum absolute atomic E-state index is 9.81. The summed E-state index contributed by atoms with van der Waals surface area (Å²) in [6, 6.07) is 9.69. The number of aliphatic hydroxyl groups is 1. The van der Waals surface area contributed by atoms with Gasteiger partial charge in [-0.05, 0) is 36.8 Å². The summed E-state index contributed by atoms with van der Waals surface area (Å²) >= 11 is 0. The Balaban J connectivity index is 1.94. The van der Waals surface area contributed by atoms with Crippen LogP contribution in [0.15, 0.2) is 24.3 Å². The molecule has 0 radical (unpaired) electrons. The van der Waals surface area contributed by atoms with Crippen LogP contribution < -0.4 is 5.32 Å². The Hall–Kier alpha value is -0.860. The van der Waals surface area contributed by atoms with E-state index >= 15 is 0 Å². The van der Waals surface area contributed by atoms with Crippen LogP contribution in [0.1, 0.15) is 58.2 Å². The first-order chi connectivity index (χ1) is 9.30. The zero-order valence-electron chi connectivity index (χ0n) is 13.5. The van der Waals surface area contributed by atoms with Crippen molar-refractivity contribution in [3.05, 3.63) is 35.4 Å². The lowest BCUT2D eigenvalue weighted by Gasteiger charge is -2.50. The topological polar surface area (TPSA) is 32.3 Å². The normalized spacial score (nSPS) is 26.4. The lowest BCUT2D eigenvalue weighted by molar-refractivity contribution is -0.0754. The summed E-state index contributed by atoms with van der Waals surface area (Å²) in [4.78, 5) is 0. The van der Waals surface area contributed by atoms with Gasteiger partial charge >= 0.3 is 0 Å². The van der Waals surface area contributed by atoms with Gasteiger partial charge in [0.2, 0.25) is 0 Å². The Labute approximate surface area is 123 Å². The highest BCUT2D eigenvalue weighted by molar-refractivity contribution is 5.25. The van der Waals surface area contributed by atoms with E-state index in [4.69, 9.17) is 0 Å². The first-order valence-electron chi connectivity index (χ1n) is 7.83. The standard InChI is InChI=1S/C18H29NO/c1-12(2)10-14-6-8-15(9-7-14)13(3)19-16-11-17(20)18(16,4)5/h6-9,12-13,16-17,19-20H,10-11H2,1-5H3. The quantitative estimate of drug-likeness (QED) is 0.859. The molecule has 1 aliphatic carbocycles. The summed E-state index contributed by atoms with van der Waals surface area (Å²) in [5.74, 6) is 0.702. The number of hydrogen-bond acceptors (Lipinski definition) is 2. The fourth-order valence-electron chi connectivity index (χ4n) is 3.00. The molecule has 1 aromatic rings. The van der Waals surface area contributed by atoms with E-state index in [9.17, 15) is 5.11 Å². The van der Waals surface area contributed by atoms with Crippen LogP contribution in [0.4, 0.5) is 0 Å². The van der Waals surface area contributed by atoms with Crippen LogP contribution in [-0.4, -0.2) is 17.3 Å². The Morgan fingerprint density at radius 2 is 1.80 bits per heavy atom. The molecule has 0 aliphatic heterocycles. The molecule has 2 N–H and O–H groups in total. The average Bonchev–Trinajstić information content (AvgIpc) is 2.38. The summed E-state index contributed by atoms with van der Waals surface area (Å²) in [6.45, 7) is 11.0. The van der Waals surface area contributed by atoms with Gasteiger partial charge in [-0.25, -0.2) is 0 Å². The van der Waals surface area contributed by atoms with E-state index in [-0.39, 0.29) is 11.5 Å². The van der Waals surface area contributed by atoms with Crippen molar-refractivity contribution in [2.75, 3.05) is 0 Å². The van der Waals surface area contributed by atoms with Gasteiger partial charge in [0, 0.05) is 17.5 Å². The van der Waals surface area contributed by atoms with Crippen molar-refractivity contribution in [3.8, 4) is 0 Å². The molecule has 2 nitrogen and oxygen atoms in total. The van der Waals surface area contributed by atoms with Crippen LogP contribution in [0.25, 0.3) is 0 Å². The monoisotopic (exact) mass is 275 g/mol. The molecule has 0 aromatic heterocycles. The smallest absolute Gasteiger partial charge is 0.0621 e. The molecule has 3 atom stereocenters. The maximum atomic E-state index is 9.81. The first kappa shape index (κ1) is 15.5. The minimum Gasteiger partial charge on any atom is -0.392 e. The highest BCUT2D eigenvalue weighted by Gasteiger charge is 2.47. The highest BCUT2D eigenvalue weighted by Crippen LogP contribution is 2.41. The van der Waals surface area contributed by atoms with Gasteiger partial charge in [0.1, 0.15) is 0 Å². The Kier molecular flexibility index (Phi) is 4.55. The summed E-state index contributed by atoms with van der Waals surface area (Å²) in [6.07, 6.45) is 1.84. The number of benzene rings is 1. The number of rotatable bonds is 5. The van der Waals surface area contributed by atoms with E-state index in [1.165, 1.54) is 11.1 Å². The Morgan fingerprint density at radius 3 is 2.25 bits per heavy atom. The predicted octanol–water partition coefficient (Wildman–Crippen LogP) is 3.70. The molecule has 0 amide bonds. The molecule has 112 valence electrons. The van der Waals surface area contributed by atoms with E-state index in [0.717, 1.165) is 12.8 Å². The minimum absolute atomic E-state index is 0.00809. The fraction of sp³-hybridized carbons (Fsp3) is 0.667. The van der Waals surface area contributed by atoms with Crippen molar-refractivity contribution in [2.24, 2.45) is 11.3 Å². The van der Waals surface area contributed by atoms with E-state index in [2.05, 4.69) is 64.2 Å². The lowest BCUT2D eigenvalue weighted by Crippen LogP contribution is -2.60. The summed E-state index contributed by atoms with van der Waals surface area (Å²) in [5, 5.41) is 13.5. The molecular weight excluding hydrogens is 246 g/mol. The Morgan fingerprint density at radius 1 is 1.20 bits per heavy atom. The van der Waals surface area contributed by atoms with Crippen molar-refractivity contribution >= 4 is 0 Å². The summed E-state index contributed by atoms with van der Waals surface area (Å²) < 4.78 is 0. The zero-order valence-corrected chi connectivity index (χ0v) is 13.5. The SMILES string of the molecule is CC(C)Cc1ccc(C(C)NC2CC(O)C2(C)C)cc1. The largest absolute Gasteiger partial charge is 0.392 e. The molecule has 20 heavy (non-hydrogen) atoms. The molecule has 2 rings (SSSR count). The minimum atomic E-state index is -0.166. The predicted molar refractivity (Wildman–Crippen MR) is 84.7 cm³/mol. The van der Waals surface area contributed by atoms with Crippen LogP contribution in [-0.2, 0) is 6.42 Å². The average molecular weight is 275 g/mol. The molecule has 2 heteroatoms. The summed E-state index contributed by atoms with van der Waals surface area (Å²) in [5.41, 5.74) is 2.73. The van der Waals surface area contributed by atoms with E-state index < -0.39 is 0 Å². The number of hydrogen-bond donors (Lipinski definition) is 2. The van der Waals surface area contributed by atoms with Gasteiger partial charge < -0.3 is 10.4 Å². The van der Waals surface area contributed by atoms with Gasteiger partial charge in [-0.15, -0.1) is 0 Å². The second-order valence-electron chi connectivity index (χ2n) is 7.35. The van der Waals surface area contributed by atoms with Gasteiger partial charge in [-0.2, -0.15) is 0 Å². The third-order valence-corrected chi connectivity index (χ3v) is 4.79. The lowest BCUT2D eigenvalue weighted by atomic mass is 9.64. The van der Waals surface area contributed by atoms with Crippen LogP contribution >= 0.6 is 0 Å². The van der Waals surface area contributed by atoms with Crippen molar-refractivity contribution < 1.29 is 5.11 Å². The van der Waals surface area contributed by atoms with Gasteiger partial charge in [0.25, 0.3) is 0 Å². The zero-order chi connectivity index (χ0) is 14.9. The molecular formula is C18H29NO. The molecule has 1 saturated carbocycles.